The summed E-state index contributed by atoms with van der Waals surface area (Å²) in [6.07, 6.45) is 4.60. The van der Waals surface area contributed by atoms with Crippen molar-refractivity contribution in [3.8, 4) is 0 Å². The topological polar surface area (TPSA) is 62.7 Å². The van der Waals surface area contributed by atoms with Crippen LogP contribution in [0.15, 0.2) is 47.5 Å². The third-order valence-corrected chi connectivity index (χ3v) is 7.44. The van der Waals surface area contributed by atoms with Crippen molar-refractivity contribution in [3.05, 3.63) is 53.7 Å². The number of aromatic nitrogens is 1. The summed E-state index contributed by atoms with van der Waals surface area (Å²) in [5, 5.41) is 0. The van der Waals surface area contributed by atoms with Gasteiger partial charge in [0.15, 0.2) is 0 Å². The molecule has 144 valence electrons. The lowest BCUT2D eigenvalue weighted by molar-refractivity contribution is 0.0730. The van der Waals surface area contributed by atoms with Crippen LogP contribution >= 0.6 is 0 Å². The van der Waals surface area contributed by atoms with Gasteiger partial charge in [-0.1, -0.05) is 24.3 Å². The van der Waals surface area contributed by atoms with Gasteiger partial charge in [0.2, 0.25) is 10.0 Å². The fourth-order valence-electron chi connectivity index (χ4n) is 3.87. The first-order valence-corrected chi connectivity index (χ1v) is 10.8. The van der Waals surface area contributed by atoms with Crippen molar-refractivity contribution in [1.82, 2.24) is 9.29 Å². The number of fused-ring (bicyclic) bond motifs is 1. The molecular formula is C20H25N3O3S. The highest BCUT2D eigenvalue weighted by atomic mass is 32.2. The quantitative estimate of drug-likeness (QED) is 0.804. The first kappa shape index (κ1) is 18.4. The van der Waals surface area contributed by atoms with Crippen molar-refractivity contribution in [2.45, 2.75) is 30.2 Å². The fourth-order valence-corrected chi connectivity index (χ4v) is 5.22. The molecule has 4 rings (SSSR count). The van der Waals surface area contributed by atoms with Gasteiger partial charge in [-0.3, -0.25) is 0 Å². The molecule has 1 fully saturated rings. The van der Waals surface area contributed by atoms with Crippen molar-refractivity contribution in [2.75, 3.05) is 38.3 Å². The maximum absolute atomic E-state index is 12.7. The van der Waals surface area contributed by atoms with Crippen LogP contribution in [0, 0.1) is 0 Å². The van der Waals surface area contributed by atoms with Gasteiger partial charge in [-0.15, -0.1) is 0 Å². The van der Waals surface area contributed by atoms with E-state index in [1.807, 2.05) is 13.1 Å². The van der Waals surface area contributed by atoms with E-state index in [0.717, 1.165) is 25.1 Å². The number of hydrogen-bond donors (Lipinski definition) is 0. The Morgan fingerprint density at radius 3 is 2.56 bits per heavy atom. The smallest absolute Gasteiger partial charge is 0.244 e. The monoisotopic (exact) mass is 387 g/mol. The van der Waals surface area contributed by atoms with Crippen molar-refractivity contribution < 1.29 is 13.2 Å². The second-order valence-corrected chi connectivity index (χ2v) is 9.08. The number of sulfonamides is 1. The predicted molar refractivity (Wildman–Crippen MR) is 104 cm³/mol. The number of hydrogen-bond acceptors (Lipinski definition) is 5. The predicted octanol–water partition coefficient (Wildman–Crippen LogP) is 2.10. The number of aryl methyl sites for hydroxylation is 1. The highest BCUT2D eigenvalue weighted by Crippen LogP contribution is 2.27. The van der Waals surface area contributed by atoms with E-state index in [1.165, 1.54) is 21.6 Å². The summed E-state index contributed by atoms with van der Waals surface area (Å²) in [6, 6.07) is 12.4. The molecule has 0 radical (unpaired) electrons. The second kappa shape index (κ2) is 7.58. The Kier molecular flexibility index (Phi) is 5.16. The van der Waals surface area contributed by atoms with Crippen molar-refractivity contribution in [3.63, 3.8) is 0 Å². The molecule has 27 heavy (non-hydrogen) atoms. The Morgan fingerprint density at radius 2 is 1.85 bits per heavy atom. The maximum atomic E-state index is 12.7. The lowest BCUT2D eigenvalue weighted by atomic mass is 9.88. The largest absolute Gasteiger partial charge is 0.379 e. The highest BCUT2D eigenvalue weighted by molar-refractivity contribution is 7.89. The van der Waals surface area contributed by atoms with E-state index < -0.39 is 10.0 Å². The van der Waals surface area contributed by atoms with Crippen LogP contribution in [0.5, 0.6) is 0 Å². The number of likely N-dealkylation sites (N-methyl/N-ethyl adjacent to an activating group) is 1. The van der Waals surface area contributed by atoms with Gasteiger partial charge in [-0.05, 0) is 42.5 Å². The SMILES string of the molecule is CN(c1ccc(S(=O)(=O)N2CCOCC2)cn1)C1CCc2ccccc2C1. The minimum Gasteiger partial charge on any atom is -0.379 e. The highest BCUT2D eigenvalue weighted by Gasteiger charge is 2.27. The third kappa shape index (κ3) is 3.72. The lowest BCUT2D eigenvalue weighted by Crippen LogP contribution is -2.40. The Morgan fingerprint density at radius 1 is 1.11 bits per heavy atom. The van der Waals surface area contributed by atoms with E-state index in [1.54, 1.807) is 6.07 Å². The molecule has 2 aliphatic rings. The molecule has 1 aromatic carbocycles. The van der Waals surface area contributed by atoms with Crippen LogP contribution in [0.25, 0.3) is 0 Å². The molecule has 1 atom stereocenters. The van der Waals surface area contributed by atoms with Crippen LogP contribution in [0.4, 0.5) is 5.82 Å². The Bertz CT molecular complexity index is 893. The lowest BCUT2D eigenvalue weighted by Gasteiger charge is -2.33. The second-order valence-electron chi connectivity index (χ2n) is 7.14. The Hall–Kier alpha value is -1.96. The van der Waals surface area contributed by atoms with Crippen LogP contribution in [0.1, 0.15) is 17.5 Å². The van der Waals surface area contributed by atoms with E-state index in [-0.39, 0.29) is 4.90 Å². The van der Waals surface area contributed by atoms with E-state index >= 15 is 0 Å². The summed E-state index contributed by atoms with van der Waals surface area (Å²) < 4.78 is 32.2. The van der Waals surface area contributed by atoms with Gasteiger partial charge in [0.1, 0.15) is 10.7 Å². The van der Waals surface area contributed by atoms with E-state index in [2.05, 4.69) is 34.1 Å². The van der Waals surface area contributed by atoms with Crippen LogP contribution < -0.4 is 4.90 Å². The minimum atomic E-state index is -3.50. The summed E-state index contributed by atoms with van der Waals surface area (Å²) >= 11 is 0. The summed E-state index contributed by atoms with van der Waals surface area (Å²) in [6.45, 7) is 1.67. The van der Waals surface area contributed by atoms with E-state index in [4.69, 9.17) is 4.74 Å². The van der Waals surface area contributed by atoms with Crippen molar-refractivity contribution in [1.29, 1.82) is 0 Å². The number of rotatable bonds is 4. The molecule has 0 spiro atoms. The van der Waals surface area contributed by atoms with Gasteiger partial charge in [-0.25, -0.2) is 13.4 Å². The fraction of sp³-hybridized carbons (Fsp3) is 0.450. The van der Waals surface area contributed by atoms with Crippen LogP contribution in [-0.4, -0.2) is 57.1 Å². The van der Waals surface area contributed by atoms with Gasteiger partial charge in [0.25, 0.3) is 0 Å². The van der Waals surface area contributed by atoms with Gasteiger partial charge in [0.05, 0.1) is 13.2 Å². The molecule has 1 aromatic heterocycles. The zero-order chi connectivity index (χ0) is 18.9. The Balaban J connectivity index is 1.49. The summed E-state index contributed by atoms with van der Waals surface area (Å²) in [5.74, 6) is 0.806. The molecule has 7 heteroatoms. The number of pyridine rings is 1. The number of nitrogens with zero attached hydrogens (tertiary/aromatic N) is 3. The summed E-state index contributed by atoms with van der Waals surface area (Å²) in [4.78, 5) is 6.87. The molecule has 0 bridgehead atoms. The van der Waals surface area contributed by atoms with Gasteiger partial charge in [0, 0.05) is 32.4 Å². The zero-order valence-corrected chi connectivity index (χ0v) is 16.4. The maximum Gasteiger partial charge on any atom is 0.244 e. The number of anilines is 1. The molecule has 2 aromatic rings. The molecule has 1 aliphatic heterocycles. The average Bonchev–Trinajstić information content (AvgIpc) is 2.73. The van der Waals surface area contributed by atoms with Gasteiger partial charge < -0.3 is 9.64 Å². The van der Waals surface area contributed by atoms with E-state index in [0.29, 0.717) is 32.3 Å². The molecular weight excluding hydrogens is 362 g/mol. The molecule has 6 nitrogen and oxygen atoms in total. The van der Waals surface area contributed by atoms with Crippen LogP contribution in [0.3, 0.4) is 0 Å². The Labute approximate surface area is 160 Å². The van der Waals surface area contributed by atoms with Crippen molar-refractivity contribution >= 4 is 15.8 Å². The first-order chi connectivity index (χ1) is 13.1. The average molecular weight is 388 g/mol. The molecule has 1 unspecified atom stereocenters. The van der Waals surface area contributed by atoms with Crippen LogP contribution in [0.2, 0.25) is 0 Å². The number of benzene rings is 1. The molecule has 2 heterocycles. The number of ether oxygens (including phenoxy) is 1. The van der Waals surface area contributed by atoms with Crippen molar-refractivity contribution in [2.24, 2.45) is 0 Å². The normalized spacial score (nSPS) is 20.9. The van der Waals surface area contributed by atoms with Gasteiger partial charge >= 0.3 is 0 Å². The first-order valence-electron chi connectivity index (χ1n) is 9.39. The molecule has 1 aliphatic carbocycles. The molecule has 0 amide bonds. The van der Waals surface area contributed by atoms with Gasteiger partial charge in [-0.2, -0.15) is 4.31 Å². The summed E-state index contributed by atoms with van der Waals surface area (Å²) in [5.41, 5.74) is 2.83. The zero-order valence-electron chi connectivity index (χ0n) is 15.5. The number of morpholine rings is 1. The standard InChI is InChI=1S/C20H25N3O3S/c1-22(18-7-6-16-4-2-3-5-17(16)14-18)20-9-8-19(15-21-20)27(24,25)23-10-12-26-13-11-23/h2-5,8-9,15,18H,6-7,10-14H2,1H3. The molecule has 0 N–H and O–H groups in total. The third-order valence-electron chi connectivity index (χ3n) is 5.56. The van der Waals surface area contributed by atoms with Crippen LogP contribution in [-0.2, 0) is 27.6 Å². The summed E-state index contributed by atoms with van der Waals surface area (Å²) in [7, 11) is -1.46. The van der Waals surface area contributed by atoms with E-state index in [9.17, 15) is 8.42 Å². The molecule has 1 saturated heterocycles. The molecule has 0 saturated carbocycles. The minimum absolute atomic E-state index is 0.246.